The second kappa shape index (κ2) is 9.71. The zero-order chi connectivity index (χ0) is 22.4. The Morgan fingerprint density at radius 3 is 1.74 bits per heavy atom. The molecule has 6 heteroatoms. The van der Waals surface area contributed by atoms with E-state index in [4.69, 9.17) is 4.74 Å². The molecule has 0 bridgehead atoms. The van der Waals surface area contributed by atoms with E-state index in [1.807, 2.05) is 19.1 Å². The highest BCUT2D eigenvalue weighted by Crippen LogP contribution is 2.35. The fraction of sp³-hybridized carbons (Fsp3) is 0.200. The maximum absolute atomic E-state index is 13.8. The number of aryl methyl sites for hydroxylation is 1. The van der Waals surface area contributed by atoms with Crippen LogP contribution >= 0.6 is 0 Å². The van der Waals surface area contributed by atoms with Crippen LogP contribution in [0, 0.1) is 6.92 Å². The van der Waals surface area contributed by atoms with Crippen molar-refractivity contribution in [3.63, 3.8) is 0 Å². The number of carbonyl (C=O) groups is 2. The minimum Gasteiger partial charge on any atom is -0.460 e. The van der Waals surface area contributed by atoms with Gasteiger partial charge in [-0.15, -0.1) is 0 Å². The fourth-order valence-electron chi connectivity index (χ4n) is 3.53. The molecule has 3 aromatic carbocycles. The van der Waals surface area contributed by atoms with Crippen molar-refractivity contribution in [2.75, 3.05) is 6.61 Å². The SMILES string of the molecule is CCOC(=O)C(=O)C(C(c1ccccc1)c1ccccc1)S(=O)(=O)c1ccc(C)cc1. The molecule has 31 heavy (non-hydrogen) atoms. The number of carbonyl (C=O) groups excluding carboxylic acids is 2. The van der Waals surface area contributed by atoms with Gasteiger partial charge in [0.15, 0.2) is 9.84 Å². The maximum Gasteiger partial charge on any atom is 0.376 e. The van der Waals surface area contributed by atoms with Crippen LogP contribution in [0.2, 0.25) is 0 Å². The first kappa shape index (κ1) is 22.4. The molecule has 3 aromatic rings. The summed E-state index contributed by atoms with van der Waals surface area (Å²) < 4.78 is 32.4. The van der Waals surface area contributed by atoms with Crippen molar-refractivity contribution >= 4 is 21.6 Å². The van der Waals surface area contributed by atoms with Crippen LogP contribution in [0.3, 0.4) is 0 Å². The second-order valence-corrected chi connectivity index (χ2v) is 9.23. The molecule has 0 fully saturated rings. The molecule has 0 saturated carbocycles. The van der Waals surface area contributed by atoms with E-state index in [1.54, 1.807) is 67.6 Å². The predicted molar refractivity (Wildman–Crippen MR) is 119 cm³/mol. The van der Waals surface area contributed by atoms with Gasteiger partial charge in [0.1, 0.15) is 5.25 Å². The lowest BCUT2D eigenvalue weighted by Gasteiger charge is -2.26. The zero-order valence-electron chi connectivity index (χ0n) is 17.4. The number of sulfone groups is 1. The first-order valence-electron chi connectivity index (χ1n) is 9.97. The Morgan fingerprint density at radius 2 is 1.29 bits per heavy atom. The summed E-state index contributed by atoms with van der Waals surface area (Å²) in [5.41, 5.74) is 2.12. The molecular formula is C25H24O5S. The van der Waals surface area contributed by atoms with E-state index in [-0.39, 0.29) is 11.5 Å². The van der Waals surface area contributed by atoms with Gasteiger partial charge in [-0.25, -0.2) is 13.2 Å². The normalized spacial score (nSPS) is 12.4. The van der Waals surface area contributed by atoms with Crippen LogP contribution in [-0.4, -0.2) is 32.0 Å². The topological polar surface area (TPSA) is 77.5 Å². The summed E-state index contributed by atoms with van der Waals surface area (Å²) in [6, 6.07) is 24.0. The Morgan fingerprint density at radius 1 is 0.806 bits per heavy atom. The van der Waals surface area contributed by atoms with E-state index < -0.39 is 32.8 Å². The van der Waals surface area contributed by atoms with Gasteiger partial charge in [0, 0.05) is 5.92 Å². The Labute approximate surface area is 182 Å². The number of hydrogen-bond acceptors (Lipinski definition) is 5. The van der Waals surface area contributed by atoms with E-state index in [1.165, 1.54) is 12.1 Å². The first-order valence-corrected chi connectivity index (χ1v) is 11.5. The highest BCUT2D eigenvalue weighted by molar-refractivity contribution is 7.93. The van der Waals surface area contributed by atoms with Crippen LogP contribution in [0.5, 0.6) is 0 Å². The van der Waals surface area contributed by atoms with Gasteiger partial charge in [0.25, 0.3) is 5.78 Å². The van der Waals surface area contributed by atoms with Crippen molar-refractivity contribution in [1.82, 2.24) is 0 Å². The van der Waals surface area contributed by atoms with Crippen molar-refractivity contribution in [2.45, 2.75) is 29.9 Å². The van der Waals surface area contributed by atoms with E-state index in [9.17, 15) is 18.0 Å². The third kappa shape index (κ3) is 4.91. The Hall–Kier alpha value is -3.25. The molecule has 0 N–H and O–H groups in total. The summed E-state index contributed by atoms with van der Waals surface area (Å²) in [6.07, 6.45) is 0. The van der Waals surface area contributed by atoms with Gasteiger partial charge in [-0.3, -0.25) is 4.79 Å². The van der Waals surface area contributed by atoms with Gasteiger partial charge >= 0.3 is 5.97 Å². The number of hydrogen-bond donors (Lipinski definition) is 0. The molecule has 1 unspecified atom stereocenters. The van der Waals surface area contributed by atoms with Crippen molar-refractivity contribution < 1.29 is 22.7 Å². The summed E-state index contributed by atoms with van der Waals surface area (Å²) in [5.74, 6) is -3.12. The molecule has 0 amide bonds. The lowest BCUT2D eigenvalue weighted by atomic mass is 9.86. The highest BCUT2D eigenvalue weighted by atomic mass is 32.2. The lowest BCUT2D eigenvalue weighted by Crippen LogP contribution is -2.41. The van der Waals surface area contributed by atoms with Crippen LogP contribution in [-0.2, 0) is 24.2 Å². The monoisotopic (exact) mass is 436 g/mol. The smallest absolute Gasteiger partial charge is 0.376 e. The number of ether oxygens (including phenoxy) is 1. The van der Waals surface area contributed by atoms with Crippen LogP contribution in [0.4, 0.5) is 0 Å². The van der Waals surface area contributed by atoms with E-state index in [0.717, 1.165) is 5.56 Å². The van der Waals surface area contributed by atoms with Crippen molar-refractivity contribution in [3.8, 4) is 0 Å². The Balaban J connectivity index is 2.25. The third-order valence-corrected chi connectivity index (χ3v) is 7.12. The average molecular weight is 437 g/mol. The second-order valence-electron chi connectivity index (χ2n) is 7.16. The molecule has 0 radical (unpaired) electrons. The first-order chi connectivity index (χ1) is 14.9. The number of benzene rings is 3. The average Bonchev–Trinajstić information content (AvgIpc) is 2.78. The highest BCUT2D eigenvalue weighted by Gasteiger charge is 2.45. The van der Waals surface area contributed by atoms with Crippen molar-refractivity contribution in [1.29, 1.82) is 0 Å². The number of rotatable bonds is 8. The van der Waals surface area contributed by atoms with Crippen LogP contribution in [0.1, 0.15) is 29.5 Å². The zero-order valence-corrected chi connectivity index (χ0v) is 18.2. The summed E-state index contributed by atoms with van der Waals surface area (Å²) >= 11 is 0. The molecule has 0 aliphatic carbocycles. The molecule has 0 aliphatic rings. The number of esters is 1. The summed E-state index contributed by atoms with van der Waals surface area (Å²) in [5, 5.41) is -1.67. The molecule has 0 saturated heterocycles. The third-order valence-electron chi connectivity index (χ3n) is 5.04. The molecule has 1 atom stereocenters. The number of Topliss-reactive ketones (excluding diaryl/α,β-unsaturated/α-hetero) is 1. The lowest BCUT2D eigenvalue weighted by molar-refractivity contribution is -0.153. The summed E-state index contributed by atoms with van der Waals surface area (Å²) in [4.78, 5) is 25.7. The summed E-state index contributed by atoms with van der Waals surface area (Å²) in [7, 11) is -4.23. The minimum absolute atomic E-state index is 0.0161. The quantitative estimate of drug-likeness (QED) is 0.392. The van der Waals surface area contributed by atoms with Gasteiger partial charge in [-0.1, -0.05) is 78.4 Å². The van der Waals surface area contributed by atoms with E-state index in [2.05, 4.69) is 0 Å². The Kier molecular flexibility index (Phi) is 7.02. The molecule has 0 spiro atoms. The van der Waals surface area contributed by atoms with Crippen LogP contribution in [0.15, 0.2) is 89.8 Å². The van der Waals surface area contributed by atoms with Crippen molar-refractivity contribution in [2.24, 2.45) is 0 Å². The molecule has 160 valence electrons. The van der Waals surface area contributed by atoms with Crippen molar-refractivity contribution in [3.05, 3.63) is 102 Å². The van der Waals surface area contributed by atoms with Gasteiger partial charge in [-0.2, -0.15) is 0 Å². The minimum atomic E-state index is -4.23. The molecule has 0 aromatic heterocycles. The molecular weight excluding hydrogens is 412 g/mol. The predicted octanol–water partition coefficient (Wildman–Crippen LogP) is 4.10. The van der Waals surface area contributed by atoms with Crippen LogP contribution < -0.4 is 0 Å². The molecule has 0 aliphatic heterocycles. The fourth-order valence-corrected chi connectivity index (χ4v) is 5.39. The van der Waals surface area contributed by atoms with Gasteiger partial charge in [0.05, 0.1) is 11.5 Å². The largest absolute Gasteiger partial charge is 0.460 e. The molecule has 3 rings (SSSR count). The molecule has 0 heterocycles. The standard InChI is InChI=1S/C25H24O5S/c1-3-30-25(27)23(26)24(31(28,29)21-16-14-18(2)15-17-21)22(19-10-6-4-7-11-19)20-12-8-5-9-13-20/h4-17,22,24H,3H2,1-2H3. The molecule has 5 nitrogen and oxygen atoms in total. The summed E-state index contributed by atoms with van der Waals surface area (Å²) in [6.45, 7) is 3.39. The van der Waals surface area contributed by atoms with Gasteiger partial charge in [-0.05, 0) is 37.1 Å². The van der Waals surface area contributed by atoms with Gasteiger partial charge in [0.2, 0.25) is 0 Å². The Bertz CT molecular complexity index is 1100. The maximum atomic E-state index is 13.8. The number of ketones is 1. The van der Waals surface area contributed by atoms with E-state index >= 15 is 0 Å². The van der Waals surface area contributed by atoms with E-state index in [0.29, 0.717) is 11.1 Å². The van der Waals surface area contributed by atoms with Crippen LogP contribution in [0.25, 0.3) is 0 Å². The van der Waals surface area contributed by atoms with Gasteiger partial charge < -0.3 is 4.74 Å².